The molecule has 0 heterocycles. The van der Waals surface area contributed by atoms with Gasteiger partial charge in [-0.15, -0.1) is 0 Å². The molecule has 0 saturated heterocycles. The Bertz CT molecular complexity index is 761. The summed E-state index contributed by atoms with van der Waals surface area (Å²) in [5.41, 5.74) is -0.0281. The number of ketones is 1. The first kappa shape index (κ1) is 29.3. The van der Waals surface area contributed by atoms with Crippen molar-refractivity contribution in [2.45, 2.75) is 95.8 Å². The van der Waals surface area contributed by atoms with E-state index < -0.39 is 26.7 Å². The molecule has 0 radical (unpaired) electrons. The number of hydrogen-bond donors (Lipinski definition) is 0. The summed E-state index contributed by atoms with van der Waals surface area (Å²) in [5, 5.41) is 0. The Balaban J connectivity index is 0.00000841. The summed E-state index contributed by atoms with van der Waals surface area (Å²) in [6.45, 7) is 4.10. The van der Waals surface area contributed by atoms with Crippen molar-refractivity contribution in [1.82, 2.24) is 0 Å². The van der Waals surface area contributed by atoms with Crippen LogP contribution in [0.5, 0.6) is 5.75 Å². The Morgan fingerprint density at radius 1 is 0.867 bits per heavy atom. The zero-order chi connectivity index (χ0) is 21.7. The average Bonchev–Trinajstić information content (AvgIpc) is 2.67. The molecule has 0 aliphatic heterocycles. The van der Waals surface area contributed by atoms with Crippen molar-refractivity contribution in [3.05, 3.63) is 23.8 Å². The normalized spacial score (nSPS) is 11.0. The van der Waals surface area contributed by atoms with E-state index in [1.165, 1.54) is 37.8 Å². The molecular weight excluding hydrogens is 415 g/mol. The van der Waals surface area contributed by atoms with Gasteiger partial charge in [-0.05, 0) is 25.0 Å². The standard InChI is InChI=1S/C22H34O6S.Na/c1-3-5-7-8-9-10-11-12-17-21(24)28-22-18(19(23)15-6-4-2)14-13-16-20(22)29(25,26)27;/h13-14,16H,3-12,15,17H2,1-2H3,(H,25,26,27);/q;+1/p-1. The van der Waals surface area contributed by atoms with Crippen LogP contribution in [0.2, 0.25) is 0 Å². The number of carbonyl (C=O) groups excluding carboxylic acids is 2. The fourth-order valence-corrected chi connectivity index (χ4v) is 3.70. The van der Waals surface area contributed by atoms with Gasteiger partial charge in [0.2, 0.25) is 0 Å². The van der Waals surface area contributed by atoms with Gasteiger partial charge in [-0.25, -0.2) is 8.42 Å². The quantitative estimate of drug-likeness (QED) is 0.102. The minimum Gasteiger partial charge on any atom is -0.744 e. The van der Waals surface area contributed by atoms with Crippen LogP contribution < -0.4 is 34.3 Å². The number of rotatable bonds is 15. The maximum atomic E-state index is 12.4. The fourth-order valence-electron chi connectivity index (χ4n) is 3.08. The molecule has 6 nitrogen and oxygen atoms in total. The van der Waals surface area contributed by atoms with E-state index >= 15 is 0 Å². The summed E-state index contributed by atoms with van der Waals surface area (Å²) < 4.78 is 39.9. The van der Waals surface area contributed by atoms with Gasteiger partial charge in [0.25, 0.3) is 0 Å². The van der Waals surface area contributed by atoms with Crippen molar-refractivity contribution in [3.8, 4) is 5.75 Å². The molecule has 0 fully saturated rings. The zero-order valence-electron chi connectivity index (χ0n) is 18.6. The molecule has 0 saturated carbocycles. The first-order chi connectivity index (χ1) is 13.8. The summed E-state index contributed by atoms with van der Waals surface area (Å²) in [6.07, 6.45) is 10.3. The summed E-state index contributed by atoms with van der Waals surface area (Å²) in [4.78, 5) is 24.0. The second-order valence-electron chi connectivity index (χ2n) is 7.31. The van der Waals surface area contributed by atoms with Gasteiger partial charge in [-0.1, -0.05) is 71.3 Å². The molecule has 0 aliphatic rings. The molecular formula is C22H33NaO6S. The average molecular weight is 449 g/mol. The second-order valence-corrected chi connectivity index (χ2v) is 8.66. The molecule has 0 bridgehead atoms. The van der Waals surface area contributed by atoms with Crippen LogP contribution >= 0.6 is 0 Å². The van der Waals surface area contributed by atoms with Crippen LogP contribution in [-0.2, 0) is 14.9 Å². The largest absolute Gasteiger partial charge is 1.00 e. The Morgan fingerprint density at radius 2 is 1.43 bits per heavy atom. The Labute approximate surface area is 203 Å². The first-order valence-corrected chi connectivity index (χ1v) is 12.0. The molecule has 0 unspecified atom stereocenters. The first-order valence-electron chi connectivity index (χ1n) is 10.6. The maximum absolute atomic E-state index is 12.4. The summed E-state index contributed by atoms with van der Waals surface area (Å²) >= 11 is 0. The molecule has 0 spiro atoms. The third-order valence-electron chi connectivity index (χ3n) is 4.76. The molecule has 0 amide bonds. The van der Waals surface area contributed by atoms with E-state index in [9.17, 15) is 22.6 Å². The molecule has 0 aliphatic carbocycles. The van der Waals surface area contributed by atoms with Crippen molar-refractivity contribution in [2.75, 3.05) is 0 Å². The third kappa shape index (κ3) is 11.0. The van der Waals surface area contributed by atoms with Gasteiger partial charge in [0.15, 0.2) is 11.5 Å². The van der Waals surface area contributed by atoms with Crippen LogP contribution in [0.1, 0.15) is 101 Å². The summed E-state index contributed by atoms with van der Waals surface area (Å²) in [6, 6.07) is 3.78. The van der Waals surface area contributed by atoms with Gasteiger partial charge in [0.05, 0.1) is 10.5 Å². The van der Waals surface area contributed by atoms with Crippen molar-refractivity contribution in [3.63, 3.8) is 0 Å². The molecule has 8 heteroatoms. The summed E-state index contributed by atoms with van der Waals surface area (Å²) in [5.74, 6) is -1.39. The predicted octanol–water partition coefficient (Wildman–Crippen LogP) is 2.40. The van der Waals surface area contributed by atoms with E-state index in [2.05, 4.69) is 6.92 Å². The van der Waals surface area contributed by atoms with Crippen LogP contribution in [0.4, 0.5) is 0 Å². The van der Waals surface area contributed by atoms with Crippen molar-refractivity contribution in [2.24, 2.45) is 0 Å². The van der Waals surface area contributed by atoms with E-state index in [0.717, 1.165) is 31.7 Å². The smallest absolute Gasteiger partial charge is 0.744 e. The molecule has 0 atom stereocenters. The third-order valence-corrected chi connectivity index (χ3v) is 5.62. The monoisotopic (exact) mass is 448 g/mol. The number of carbonyl (C=O) groups is 2. The van der Waals surface area contributed by atoms with Gasteiger partial charge in [-0.2, -0.15) is 0 Å². The number of ether oxygens (including phenoxy) is 1. The van der Waals surface area contributed by atoms with E-state index in [4.69, 9.17) is 4.74 Å². The second kappa shape index (κ2) is 16.0. The van der Waals surface area contributed by atoms with Crippen LogP contribution in [0, 0.1) is 0 Å². The predicted molar refractivity (Wildman–Crippen MR) is 111 cm³/mol. The van der Waals surface area contributed by atoms with Gasteiger partial charge in [0.1, 0.15) is 10.1 Å². The fraction of sp³-hybridized carbons (Fsp3) is 0.636. The molecule has 0 aromatic heterocycles. The van der Waals surface area contributed by atoms with Crippen LogP contribution in [0.25, 0.3) is 0 Å². The Morgan fingerprint density at radius 3 is 2.00 bits per heavy atom. The van der Waals surface area contributed by atoms with Crippen LogP contribution in [0.3, 0.4) is 0 Å². The molecule has 1 rings (SSSR count). The number of unbranched alkanes of at least 4 members (excludes halogenated alkanes) is 8. The SMILES string of the molecule is CCCCCCCCCCC(=O)Oc1c(C(=O)CCCC)cccc1S(=O)(=O)[O-].[Na+]. The van der Waals surface area contributed by atoms with E-state index in [1.54, 1.807) is 0 Å². The number of esters is 1. The summed E-state index contributed by atoms with van der Waals surface area (Å²) in [7, 11) is -4.88. The molecule has 1 aromatic carbocycles. The van der Waals surface area contributed by atoms with E-state index in [1.807, 2.05) is 6.92 Å². The number of Topliss-reactive ketones (excluding diaryl/α,β-unsaturated/α-hetero) is 1. The minimum absolute atomic E-state index is 0. The Hall–Kier alpha value is -0.730. The van der Waals surface area contributed by atoms with Gasteiger partial charge in [-0.3, -0.25) is 9.59 Å². The Kier molecular flexibility index (Phi) is 15.6. The zero-order valence-corrected chi connectivity index (χ0v) is 21.4. The minimum atomic E-state index is -4.88. The molecule has 164 valence electrons. The van der Waals surface area contributed by atoms with Crippen LogP contribution in [0.15, 0.2) is 23.1 Å². The van der Waals surface area contributed by atoms with Crippen molar-refractivity contribution >= 4 is 21.9 Å². The topological polar surface area (TPSA) is 101 Å². The maximum Gasteiger partial charge on any atom is 1.00 e. The van der Waals surface area contributed by atoms with Gasteiger partial charge < -0.3 is 9.29 Å². The van der Waals surface area contributed by atoms with Crippen LogP contribution in [-0.4, -0.2) is 24.7 Å². The molecule has 30 heavy (non-hydrogen) atoms. The number of benzene rings is 1. The van der Waals surface area contributed by atoms with Gasteiger partial charge >= 0.3 is 35.5 Å². The van der Waals surface area contributed by atoms with Gasteiger partial charge in [0, 0.05) is 12.8 Å². The van der Waals surface area contributed by atoms with E-state index in [0.29, 0.717) is 12.8 Å². The van der Waals surface area contributed by atoms with Crippen molar-refractivity contribution in [1.29, 1.82) is 0 Å². The molecule has 1 aromatic rings. The van der Waals surface area contributed by atoms with E-state index in [-0.39, 0.29) is 53.7 Å². The number of hydrogen-bond acceptors (Lipinski definition) is 6. The van der Waals surface area contributed by atoms with Crippen molar-refractivity contribution < 1.29 is 56.9 Å². The molecule has 0 N–H and O–H groups in total. The number of para-hydroxylation sites is 1.